The van der Waals surface area contributed by atoms with E-state index in [0.717, 1.165) is 50.9 Å². The lowest BCUT2D eigenvalue weighted by atomic mass is 9.99. The zero-order valence-electron chi connectivity index (χ0n) is 16.7. The lowest BCUT2D eigenvalue weighted by Crippen LogP contribution is -2.48. The van der Waals surface area contributed by atoms with E-state index in [1.807, 2.05) is 7.05 Å². The molecule has 2 heterocycles. The molecule has 2 N–H and O–H groups in total. The third-order valence-electron chi connectivity index (χ3n) is 5.30. The third-order valence-corrected chi connectivity index (χ3v) is 6.75. The summed E-state index contributed by atoms with van der Waals surface area (Å²) in [6, 6.07) is 0. The molecular formula is C19H39IN4OS. The van der Waals surface area contributed by atoms with Gasteiger partial charge in [0.2, 0.25) is 0 Å². The van der Waals surface area contributed by atoms with Crippen LogP contribution < -0.4 is 10.6 Å². The summed E-state index contributed by atoms with van der Waals surface area (Å²) in [5, 5.41) is 7.06. The van der Waals surface area contributed by atoms with Crippen LogP contribution in [0.2, 0.25) is 0 Å². The summed E-state index contributed by atoms with van der Waals surface area (Å²) < 4.78 is 5.86. The van der Waals surface area contributed by atoms with Gasteiger partial charge in [0, 0.05) is 38.1 Å². The maximum atomic E-state index is 5.56. The first kappa shape index (κ1) is 24.3. The van der Waals surface area contributed by atoms with Crippen LogP contribution in [0.4, 0.5) is 0 Å². The molecule has 7 heteroatoms. The van der Waals surface area contributed by atoms with Crippen molar-refractivity contribution in [2.24, 2.45) is 4.99 Å². The SMILES string of the molecule is CCSC1(CNC(=NC)NCCCN2CCCCCC2)CCOCC1.I. The highest BCUT2D eigenvalue weighted by molar-refractivity contribution is 14.0. The van der Waals surface area contributed by atoms with Gasteiger partial charge in [0.25, 0.3) is 0 Å². The van der Waals surface area contributed by atoms with Crippen LogP contribution in [0.5, 0.6) is 0 Å². The van der Waals surface area contributed by atoms with Crippen molar-refractivity contribution in [2.75, 3.05) is 58.7 Å². The molecule has 0 spiro atoms. The summed E-state index contributed by atoms with van der Waals surface area (Å²) in [5.41, 5.74) is 0. The highest BCUT2D eigenvalue weighted by atomic mass is 127. The second kappa shape index (κ2) is 14.3. The number of rotatable bonds is 8. The van der Waals surface area contributed by atoms with Crippen molar-refractivity contribution in [3.8, 4) is 0 Å². The molecule has 0 unspecified atom stereocenters. The molecule has 154 valence electrons. The number of halogens is 1. The van der Waals surface area contributed by atoms with E-state index in [1.165, 1.54) is 51.7 Å². The highest BCUT2D eigenvalue weighted by Crippen LogP contribution is 2.34. The van der Waals surface area contributed by atoms with Gasteiger partial charge in [-0.15, -0.1) is 24.0 Å². The van der Waals surface area contributed by atoms with Crippen LogP contribution in [-0.2, 0) is 4.74 Å². The smallest absolute Gasteiger partial charge is 0.191 e. The zero-order valence-corrected chi connectivity index (χ0v) is 19.9. The highest BCUT2D eigenvalue weighted by Gasteiger charge is 2.32. The average Bonchev–Trinajstić information content (AvgIpc) is 2.91. The first-order valence-corrected chi connectivity index (χ1v) is 11.2. The van der Waals surface area contributed by atoms with Crippen LogP contribution in [0.15, 0.2) is 4.99 Å². The fraction of sp³-hybridized carbons (Fsp3) is 0.947. The topological polar surface area (TPSA) is 48.9 Å². The Morgan fingerprint density at radius 2 is 1.81 bits per heavy atom. The summed E-state index contributed by atoms with van der Waals surface area (Å²) in [4.78, 5) is 7.03. The maximum Gasteiger partial charge on any atom is 0.191 e. The number of nitrogens with zero attached hydrogens (tertiary/aromatic N) is 2. The first-order chi connectivity index (χ1) is 12.3. The van der Waals surface area contributed by atoms with Crippen molar-refractivity contribution in [3.05, 3.63) is 0 Å². The standard InChI is InChI=1S/C19H38N4OS.HI/c1-3-25-19(9-15-24-16-10-19)17-22-18(20-2)21-11-8-14-23-12-6-4-5-7-13-23;/h3-17H2,1-2H3,(H2,20,21,22);1H. The molecule has 26 heavy (non-hydrogen) atoms. The van der Waals surface area contributed by atoms with E-state index in [0.29, 0.717) is 4.75 Å². The molecule has 0 saturated carbocycles. The van der Waals surface area contributed by atoms with Gasteiger partial charge in [-0.25, -0.2) is 0 Å². The predicted molar refractivity (Wildman–Crippen MR) is 125 cm³/mol. The Morgan fingerprint density at radius 1 is 1.12 bits per heavy atom. The summed E-state index contributed by atoms with van der Waals surface area (Å²) in [6.45, 7) is 9.76. The van der Waals surface area contributed by atoms with E-state index in [9.17, 15) is 0 Å². The number of guanidine groups is 1. The van der Waals surface area contributed by atoms with Gasteiger partial charge in [-0.05, 0) is 57.5 Å². The fourth-order valence-corrected chi connectivity index (χ4v) is 5.00. The van der Waals surface area contributed by atoms with E-state index in [1.54, 1.807) is 0 Å². The van der Waals surface area contributed by atoms with Gasteiger partial charge in [-0.2, -0.15) is 11.8 Å². The van der Waals surface area contributed by atoms with Gasteiger partial charge in [-0.3, -0.25) is 4.99 Å². The molecule has 2 rings (SSSR count). The predicted octanol–water partition coefficient (Wildman–Crippen LogP) is 3.34. The van der Waals surface area contributed by atoms with Gasteiger partial charge in [-0.1, -0.05) is 19.8 Å². The van der Waals surface area contributed by atoms with E-state index in [4.69, 9.17) is 4.74 Å². The third kappa shape index (κ3) is 8.97. The van der Waals surface area contributed by atoms with Gasteiger partial charge in [0.05, 0.1) is 0 Å². The second-order valence-electron chi connectivity index (χ2n) is 7.19. The van der Waals surface area contributed by atoms with Crippen molar-refractivity contribution in [2.45, 2.75) is 56.6 Å². The van der Waals surface area contributed by atoms with Crippen LogP contribution >= 0.6 is 35.7 Å². The molecule has 0 aromatic rings. The fourth-order valence-electron chi connectivity index (χ4n) is 3.76. The minimum absolute atomic E-state index is 0. The minimum atomic E-state index is 0. The zero-order chi connectivity index (χ0) is 17.8. The molecule has 2 aliphatic rings. The largest absolute Gasteiger partial charge is 0.381 e. The van der Waals surface area contributed by atoms with E-state index in [-0.39, 0.29) is 24.0 Å². The number of nitrogens with one attached hydrogen (secondary N) is 2. The van der Waals surface area contributed by atoms with Crippen molar-refractivity contribution < 1.29 is 4.74 Å². The van der Waals surface area contributed by atoms with E-state index < -0.39 is 0 Å². The van der Waals surface area contributed by atoms with Gasteiger partial charge in [0.1, 0.15) is 0 Å². The van der Waals surface area contributed by atoms with Gasteiger partial charge < -0.3 is 20.3 Å². The Balaban J connectivity index is 0.00000338. The lowest BCUT2D eigenvalue weighted by Gasteiger charge is -2.37. The second-order valence-corrected chi connectivity index (χ2v) is 8.92. The van der Waals surface area contributed by atoms with Crippen molar-refractivity contribution >= 4 is 41.7 Å². The van der Waals surface area contributed by atoms with Crippen LogP contribution in [-0.4, -0.2) is 74.3 Å². The quantitative estimate of drug-likeness (QED) is 0.233. The summed E-state index contributed by atoms with van der Waals surface area (Å²) in [6.07, 6.45) is 9.01. The summed E-state index contributed by atoms with van der Waals surface area (Å²) in [5.74, 6) is 2.10. The molecule has 0 atom stereocenters. The lowest BCUT2D eigenvalue weighted by molar-refractivity contribution is 0.0782. The Labute approximate surface area is 181 Å². The van der Waals surface area contributed by atoms with Crippen LogP contribution in [0.25, 0.3) is 0 Å². The van der Waals surface area contributed by atoms with Crippen LogP contribution in [0, 0.1) is 0 Å². The Morgan fingerprint density at radius 3 is 2.42 bits per heavy atom. The molecule has 2 aliphatic heterocycles. The van der Waals surface area contributed by atoms with Gasteiger partial charge >= 0.3 is 0 Å². The van der Waals surface area contributed by atoms with Crippen LogP contribution in [0.1, 0.15) is 51.9 Å². The molecule has 0 aliphatic carbocycles. The molecule has 0 aromatic heterocycles. The maximum absolute atomic E-state index is 5.56. The van der Waals surface area contributed by atoms with Crippen LogP contribution in [0.3, 0.4) is 0 Å². The normalized spacial score (nSPS) is 21.5. The molecular weight excluding hydrogens is 459 g/mol. The Bertz CT molecular complexity index is 378. The van der Waals surface area contributed by atoms with Crippen molar-refractivity contribution in [1.82, 2.24) is 15.5 Å². The molecule has 2 saturated heterocycles. The molecule has 2 fully saturated rings. The monoisotopic (exact) mass is 498 g/mol. The molecule has 0 radical (unpaired) electrons. The number of ether oxygens (including phenoxy) is 1. The van der Waals surface area contributed by atoms with E-state index >= 15 is 0 Å². The number of likely N-dealkylation sites (tertiary alicyclic amines) is 1. The summed E-state index contributed by atoms with van der Waals surface area (Å²) >= 11 is 2.07. The van der Waals surface area contributed by atoms with E-state index in [2.05, 4.69) is 39.2 Å². The first-order valence-electron chi connectivity index (χ1n) is 10.2. The summed E-state index contributed by atoms with van der Waals surface area (Å²) in [7, 11) is 1.87. The number of hydrogen-bond acceptors (Lipinski definition) is 4. The Hall–Kier alpha value is 0.270. The molecule has 0 aromatic carbocycles. The average molecular weight is 499 g/mol. The number of thioether (sulfide) groups is 1. The van der Waals surface area contributed by atoms with Gasteiger partial charge in [0.15, 0.2) is 5.96 Å². The number of hydrogen-bond donors (Lipinski definition) is 2. The molecule has 0 amide bonds. The minimum Gasteiger partial charge on any atom is -0.381 e. The van der Waals surface area contributed by atoms with Crippen molar-refractivity contribution in [1.29, 1.82) is 0 Å². The number of aliphatic imine (C=N–C) groups is 1. The Kier molecular flexibility index (Phi) is 13.4. The van der Waals surface area contributed by atoms with Crippen molar-refractivity contribution in [3.63, 3.8) is 0 Å². The molecule has 0 bridgehead atoms. The molecule has 5 nitrogen and oxygen atoms in total.